The van der Waals surface area contributed by atoms with Crippen LogP contribution >= 0.6 is 47.6 Å². The van der Waals surface area contributed by atoms with Crippen LogP contribution in [0.4, 0.5) is 11.4 Å². The van der Waals surface area contributed by atoms with E-state index in [1.807, 2.05) is 0 Å². The van der Waals surface area contributed by atoms with Crippen molar-refractivity contribution in [3.63, 3.8) is 0 Å². The van der Waals surface area contributed by atoms with Crippen molar-refractivity contribution < 1.29 is 8.42 Å². The van der Waals surface area contributed by atoms with Crippen molar-refractivity contribution in [3.8, 4) is 0 Å². The minimum atomic E-state index is -3.90. The molecule has 0 heterocycles. The van der Waals surface area contributed by atoms with Crippen LogP contribution in [0.1, 0.15) is 0 Å². The maximum absolute atomic E-state index is 12.7. The fraction of sp³-hybridized carbons (Fsp3) is 0. The van der Waals surface area contributed by atoms with Gasteiger partial charge in [-0.15, -0.1) is 0 Å². The molecule has 0 unspecified atom stereocenters. The smallest absolute Gasteiger partial charge is 0.209 e. The van der Waals surface area contributed by atoms with E-state index in [0.717, 1.165) is 0 Å². The van der Waals surface area contributed by atoms with E-state index < -0.39 is 9.84 Å². The monoisotopic (exact) mass is 400 g/mol. The van der Waals surface area contributed by atoms with Gasteiger partial charge < -0.3 is 0 Å². The van der Waals surface area contributed by atoms with Crippen molar-refractivity contribution in [1.82, 2.24) is 0 Å². The van der Waals surface area contributed by atoms with Crippen LogP contribution in [0.15, 0.2) is 56.2 Å². The summed E-state index contributed by atoms with van der Waals surface area (Å²) in [6.45, 7) is 0. The van der Waals surface area contributed by atoms with Gasteiger partial charge in [0.15, 0.2) is 0 Å². The summed E-state index contributed by atoms with van der Waals surface area (Å²) in [6.07, 6.45) is 0. The highest BCUT2D eigenvalue weighted by atomic mass is 35.5. The molecule has 0 amide bonds. The van der Waals surface area contributed by atoms with E-state index in [1.165, 1.54) is 36.4 Å². The van der Waals surface area contributed by atoms with Crippen LogP contribution in [-0.2, 0) is 9.84 Å². The summed E-state index contributed by atoms with van der Waals surface area (Å²) < 4.78 is 25.4. The number of thiocarbonyl (C=S) groups is 2. The van der Waals surface area contributed by atoms with Gasteiger partial charge in [-0.25, -0.2) is 8.42 Å². The zero-order valence-corrected chi connectivity index (χ0v) is 15.1. The van der Waals surface area contributed by atoms with Crippen LogP contribution in [0.5, 0.6) is 0 Å². The molecule has 23 heavy (non-hydrogen) atoms. The van der Waals surface area contributed by atoms with Crippen molar-refractivity contribution in [1.29, 1.82) is 0 Å². The Balaban J connectivity index is 2.59. The molecule has 0 aliphatic rings. The number of isothiocyanates is 2. The molecule has 0 radical (unpaired) electrons. The lowest BCUT2D eigenvalue weighted by Crippen LogP contribution is -2.03. The topological polar surface area (TPSA) is 58.9 Å². The molecular weight excluding hydrogens is 395 g/mol. The second-order valence-corrected chi connectivity index (χ2v) is 7.21. The van der Waals surface area contributed by atoms with Crippen LogP contribution in [0, 0.1) is 0 Å². The third-order valence-corrected chi connectivity index (χ3v) is 5.66. The molecule has 0 spiro atoms. The van der Waals surface area contributed by atoms with Crippen LogP contribution in [0.2, 0.25) is 10.0 Å². The number of sulfone groups is 1. The lowest BCUT2D eigenvalue weighted by atomic mass is 10.3. The van der Waals surface area contributed by atoms with Crippen LogP contribution < -0.4 is 0 Å². The van der Waals surface area contributed by atoms with Gasteiger partial charge in [0.25, 0.3) is 0 Å². The van der Waals surface area contributed by atoms with Gasteiger partial charge in [-0.1, -0.05) is 23.2 Å². The predicted octanol–water partition coefficient (Wildman–Crippen LogP) is 5.29. The van der Waals surface area contributed by atoms with Crippen molar-refractivity contribution in [2.24, 2.45) is 9.98 Å². The maximum Gasteiger partial charge on any atom is 0.209 e. The number of aliphatic imine (C=N–C) groups is 2. The van der Waals surface area contributed by atoms with Gasteiger partial charge in [-0.3, -0.25) is 0 Å². The molecule has 2 aromatic rings. The predicted molar refractivity (Wildman–Crippen MR) is 97.7 cm³/mol. The van der Waals surface area contributed by atoms with Crippen LogP contribution in [-0.4, -0.2) is 18.7 Å². The first kappa shape index (κ1) is 17.9. The SMILES string of the molecule is O=S(=O)(c1ccc(N=C=S)cc1Cl)c1ccc(N=C=S)cc1Cl. The Hall–Kier alpha value is -1.43. The minimum absolute atomic E-state index is 0.00792. The third kappa shape index (κ3) is 3.91. The standard InChI is InChI=1S/C14H6Cl2N2O2S3/c15-11-5-9(17-7-21)1-3-13(11)23(19,20)14-4-2-10(18-8-22)6-12(14)16/h1-6H. The maximum atomic E-state index is 12.7. The Labute approximate surface area is 153 Å². The van der Waals surface area contributed by atoms with E-state index in [-0.39, 0.29) is 19.8 Å². The molecule has 9 heteroatoms. The van der Waals surface area contributed by atoms with Gasteiger partial charge in [0, 0.05) is 0 Å². The molecule has 4 nitrogen and oxygen atoms in total. The van der Waals surface area contributed by atoms with Gasteiger partial charge >= 0.3 is 0 Å². The van der Waals surface area contributed by atoms with Crippen molar-refractivity contribution in [3.05, 3.63) is 46.4 Å². The molecule has 0 bridgehead atoms. The number of hydrogen-bond acceptors (Lipinski definition) is 6. The second-order valence-electron chi connectivity index (χ2n) is 4.14. The summed E-state index contributed by atoms with van der Waals surface area (Å²) in [5, 5.41) is 4.38. The first-order chi connectivity index (χ1) is 10.9. The van der Waals surface area contributed by atoms with Crippen molar-refractivity contribution in [2.45, 2.75) is 9.79 Å². The molecule has 116 valence electrons. The van der Waals surface area contributed by atoms with Crippen molar-refractivity contribution >= 4 is 79.2 Å². The molecule has 2 aromatic carbocycles. The van der Waals surface area contributed by atoms with Gasteiger partial charge in [0.1, 0.15) is 0 Å². The molecule has 0 aliphatic heterocycles. The Morgan fingerprint density at radius 1 is 0.826 bits per heavy atom. The fourth-order valence-electron chi connectivity index (χ4n) is 1.78. The highest BCUT2D eigenvalue weighted by molar-refractivity contribution is 7.91. The second kappa shape index (κ2) is 7.43. The molecule has 0 N–H and O–H groups in total. The van der Waals surface area contributed by atoms with Crippen LogP contribution in [0.25, 0.3) is 0 Å². The summed E-state index contributed by atoms with van der Waals surface area (Å²) in [4.78, 5) is 7.31. The first-order valence-corrected chi connectivity index (χ1v) is 8.95. The highest BCUT2D eigenvalue weighted by Crippen LogP contribution is 2.35. The number of hydrogen-bond donors (Lipinski definition) is 0. The summed E-state index contributed by atoms with van der Waals surface area (Å²) in [6, 6.07) is 8.37. The minimum Gasteiger partial charge on any atom is -0.218 e. The van der Waals surface area contributed by atoms with Gasteiger partial charge in [-0.05, 0) is 60.8 Å². The Kier molecular flexibility index (Phi) is 5.79. The molecule has 0 aromatic heterocycles. The molecule has 0 atom stereocenters. The summed E-state index contributed by atoms with van der Waals surface area (Å²) >= 11 is 21.1. The molecule has 2 rings (SSSR count). The van der Waals surface area contributed by atoms with E-state index in [2.05, 4.69) is 44.7 Å². The number of nitrogens with zero attached hydrogens (tertiary/aromatic N) is 2. The van der Waals surface area contributed by atoms with Gasteiger partial charge in [0.2, 0.25) is 9.84 Å². The van der Waals surface area contributed by atoms with E-state index in [1.54, 1.807) is 0 Å². The molecular formula is C14H6Cl2N2O2S3. The van der Waals surface area contributed by atoms with Gasteiger partial charge in [-0.2, -0.15) is 9.98 Å². The van der Waals surface area contributed by atoms with Gasteiger partial charge in [0.05, 0.1) is 41.5 Å². The molecule has 0 saturated carbocycles. The zero-order valence-electron chi connectivity index (χ0n) is 11.2. The average Bonchev–Trinajstić information content (AvgIpc) is 2.47. The Morgan fingerprint density at radius 2 is 1.22 bits per heavy atom. The van der Waals surface area contributed by atoms with E-state index in [4.69, 9.17) is 23.2 Å². The normalized spacial score (nSPS) is 10.5. The van der Waals surface area contributed by atoms with E-state index >= 15 is 0 Å². The third-order valence-electron chi connectivity index (χ3n) is 2.76. The molecule has 0 saturated heterocycles. The average molecular weight is 401 g/mol. The lowest BCUT2D eigenvalue weighted by Gasteiger charge is -2.09. The Bertz CT molecular complexity index is 904. The van der Waals surface area contributed by atoms with Crippen molar-refractivity contribution in [2.75, 3.05) is 0 Å². The fourth-order valence-corrected chi connectivity index (χ4v) is 4.31. The summed E-state index contributed by atoms with van der Waals surface area (Å²) in [7, 11) is -3.90. The first-order valence-electron chi connectivity index (χ1n) is 5.90. The largest absolute Gasteiger partial charge is 0.218 e. The van der Waals surface area contributed by atoms with Crippen LogP contribution in [0.3, 0.4) is 0 Å². The lowest BCUT2D eigenvalue weighted by molar-refractivity contribution is 0.596. The summed E-state index contributed by atoms with van der Waals surface area (Å²) in [5.41, 5.74) is 0.807. The zero-order chi connectivity index (χ0) is 17.0. The van der Waals surface area contributed by atoms with E-state index in [9.17, 15) is 8.42 Å². The van der Waals surface area contributed by atoms with E-state index in [0.29, 0.717) is 11.4 Å². The number of rotatable bonds is 4. The molecule has 0 fully saturated rings. The number of benzene rings is 2. The summed E-state index contributed by atoms with van der Waals surface area (Å²) in [5.74, 6) is 0. The Morgan fingerprint density at radius 3 is 1.52 bits per heavy atom. The highest BCUT2D eigenvalue weighted by Gasteiger charge is 2.24. The molecule has 0 aliphatic carbocycles. The number of halogens is 2. The quantitative estimate of drug-likeness (QED) is 0.516.